The maximum Gasteiger partial charge on any atom is 0.313 e. The van der Waals surface area contributed by atoms with E-state index in [0.717, 1.165) is 5.56 Å². The second kappa shape index (κ2) is 5.43. The van der Waals surface area contributed by atoms with Gasteiger partial charge >= 0.3 is 5.97 Å². The van der Waals surface area contributed by atoms with Crippen molar-refractivity contribution in [3.05, 3.63) is 36.2 Å². The number of likely N-dealkylation sites (tertiary alicyclic amines) is 1. The molecule has 1 N–H and O–H groups in total. The molecule has 1 aromatic carbocycles. The number of carboxylic acid groups (broad SMARTS) is 1. The van der Waals surface area contributed by atoms with Crippen molar-refractivity contribution in [2.75, 3.05) is 26.3 Å². The van der Waals surface area contributed by atoms with Crippen molar-refractivity contribution in [3.8, 4) is 11.5 Å². The highest BCUT2D eigenvalue weighted by Gasteiger charge is 2.56. The van der Waals surface area contributed by atoms with Gasteiger partial charge < -0.3 is 14.4 Å². The first-order valence-electron chi connectivity index (χ1n) is 7.59. The van der Waals surface area contributed by atoms with Gasteiger partial charge in [0.15, 0.2) is 5.82 Å². The minimum absolute atomic E-state index is 0.0282. The topological polar surface area (TPSA) is 88.7 Å². The summed E-state index contributed by atoms with van der Waals surface area (Å²) in [5.41, 5.74) is 0.0892. The molecule has 0 spiro atoms. The quantitative estimate of drug-likeness (QED) is 0.908. The van der Waals surface area contributed by atoms with E-state index in [2.05, 4.69) is 15.0 Å². The predicted octanol–water partition coefficient (Wildman–Crippen LogP) is 1.27. The van der Waals surface area contributed by atoms with Gasteiger partial charge in [0, 0.05) is 24.6 Å². The molecule has 2 aromatic rings. The van der Waals surface area contributed by atoms with Crippen LogP contribution in [-0.2, 0) is 16.1 Å². The van der Waals surface area contributed by atoms with E-state index in [1.54, 1.807) is 0 Å². The second-order valence-electron chi connectivity index (χ2n) is 6.22. The molecule has 2 saturated heterocycles. The Balaban J connectivity index is 1.48. The number of benzene rings is 1. The number of hydrogen-bond donors (Lipinski definition) is 1. The van der Waals surface area contributed by atoms with Crippen LogP contribution in [0.2, 0.25) is 0 Å². The van der Waals surface area contributed by atoms with E-state index < -0.39 is 11.4 Å². The van der Waals surface area contributed by atoms with Crippen molar-refractivity contribution in [2.45, 2.75) is 6.54 Å². The number of aliphatic carboxylic acids is 1. The van der Waals surface area contributed by atoms with Crippen molar-refractivity contribution in [3.63, 3.8) is 0 Å². The molecule has 7 nitrogen and oxygen atoms in total. The summed E-state index contributed by atoms with van der Waals surface area (Å²) in [4.78, 5) is 18.1. The number of carbonyl (C=O) groups is 1. The molecule has 2 atom stereocenters. The maximum atomic E-state index is 11.6. The molecule has 7 heteroatoms. The zero-order valence-corrected chi connectivity index (χ0v) is 12.5. The molecule has 0 saturated carbocycles. The third-order valence-corrected chi connectivity index (χ3v) is 4.72. The second-order valence-corrected chi connectivity index (χ2v) is 6.22. The Labute approximate surface area is 132 Å². The highest BCUT2D eigenvalue weighted by molar-refractivity contribution is 5.76. The molecular formula is C16H17N3O4. The molecule has 0 radical (unpaired) electrons. The third kappa shape index (κ3) is 2.42. The van der Waals surface area contributed by atoms with Crippen LogP contribution in [0.4, 0.5) is 0 Å². The average Bonchev–Trinajstić information content (AvgIpc) is 3.22. The van der Waals surface area contributed by atoms with E-state index in [0.29, 0.717) is 38.0 Å². The van der Waals surface area contributed by atoms with E-state index in [9.17, 15) is 9.90 Å². The lowest BCUT2D eigenvalue weighted by Gasteiger charge is -2.21. The summed E-state index contributed by atoms with van der Waals surface area (Å²) in [6.45, 7) is 2.42. The fourth-order valence-corrected chi connectivity index (χ4v) is 3.48. The molecular weight excluding hydrogens is 298 g/mol. The number of rotatable bonds is 4. The highest BCUT2D eigenvalue weighted by Crippen LogP contribution is 2.41. The van der Waals surface area contributed by atoms with Crippen LogP contribution in [0.3, 0.4) is 0 Å². The lowest BCUT2D eigenvalue weighted by Crippen LogP contribution is -2.38. The summed E-state index contributed by atoms with van der Waals surface area (Å²) in [6, 6.07) is 9.58. The average molecular weight is 315 g/mol. The number of fused-ring (bicyclic) bond motifs is 1. The number of hydrogen-bond acceptors (Lipinski definition) is 6. The maximum absolute atomic E-state index is 11.6. The Hall–Kier alpha value is -2.25. The lowest BCUT2D eigenvalue weighted by atomic mass is 9.81. The molecule has 0 unspecified atom stereocenters. The molecule has 0 amide bonds. The molecule has 0 aliphatic carbocycles. The van der Waals surface area contributed by atoms with Crippen LogP contribution in [0.15, 0.2) is 34.9 Å². The largest absolute Gasteiger partial charge is 0.481 e. The highest BCUT2D eigenvalue weighted by atomic mass is 16.5. The Morgan fingerprint density at radius 3 is 2.96 bits per heavy atom. The van der Waals surface area contributed by atoms with Crippen molar-refractivity contribution in [1.82, 2.24) is 15.0 Å². The molecule has 23 heavy (non-hydrogen) atoms. The summed E-state index contributed by atoms with van der Waals surface area (Å²) in [5.74, 6) is 0.308. The van der Waals surface area contributed by atoms with Gasteiger partial charge in [0.05, 0.1) is 19.8 Å². The number of ether oxygens (including phenoxy) is 1. The minimum Gasteiger partial charge on any atom is -0.481 e. The first kappa shape index (κ1) is 14.3. The Morgan fingerprint density at radius 2 is 2.22 bits per heavy atom. The summed E-state index contributed by atoms with van der Waals surface area (Å²) < 4.78 is 10.7. The summed E-state index contributed by atoms with van der Waals surface area (Å²) in [5, 5.41) is 13.6. The van der Waals surface area contributed by atoms with Crippen LogP contribution in [0.25, 0.3) is 11.5 Å². The fraction of sp³-hybridized carbons (Fsp3) is 0.438. The van der Waals surface area contributed by atoms with Crippen molar-refractivity contribution in [1.29, 1.82) is 0 Å². The first-order valence-corrected chi connectivity index (χ1v) is 7.59. The summed E-state index contributed by atoms with van der Waals surface area (Å²) in [6.07, 6.45) is 0. The predicted molar refractivity (Wildman–Crippen MR) is 79.4 cm³/mol. The third-order valence-electron chi connectivity index (χ3n) is 4.72. The van der Waals surface area contributed by atoms with Gasteiger partial charge in [0.25, 0.3) is 5.89 Å². The molecule has 3 heterocycles. The van der Waals surface area contributed by atoms with E-state index in [4.69, 9.17) is 9.26 Å². The number of carboxylic acids is 1. The van der Waals surface area contributed by atoms with Gasteiger partial charge in [-0.05, 0) is 12.1 Å². The van der Waals surface area contributed by atoms with Gasteiger partial charge in [-0.2, -0.15) is 4.98 Å². The minimum atomic E-state index is -0.786. The van der Waals surface area contributed by atoms with Gasteiger partial charge in [-0.15, -0.1) is 0 Å². The van der Waals surface area contributed by atoms with E-state index in [1.807, 2.05) is 30.3 Å². The van der Waals surface area contributed by atoms with Crippen LogP contribution >= 0.6 is 0 Å². The molecule has 2 fully saturated rings. The summed E-state index contributed by atoms with van der Waals surface area (Å²) in [7, 11) is 0. The molecule has 4 rings (SSSR count). The zero-order chi connectivity index (χ0) is 15.9. The molecule has 1 aromatic heterocycles. The Morgan fingerprint density at radius 1 is 1.39 bits per heavy atom. The first-order chi connectivity index (χ1) is 11.2. The van der Waals surface area contributed by atoms with Crippen molar-refractivity contribution in [2.24, 2.45) is 11.3 Å². The van der Waals surface area contributed by atoms with Crippen LogP contribution in [0, 0.1) is 11.3 Å². The number of nitrogens with zero attached hydrogens (tertiary/aromatic N) is 3. The number of aromatic nitrogens is 2. The van der Waals surface area contributed by atoms with Crippen molar-refractivity contribution < 1.29 is 19.2 Å². The van der Waals surface area contributed by atoms with Crippen LogP contribution in [-0.4, -0.2) is 52.4 Å². The van der Waals surface area contributed by atoms with E-state index >= 15 is 0 Å². The Kier molecular flexibility index (Phi) is 3.39. The van der Waals surface area contributed by atoms with Gasteiger partial charge in [0.1, 0.15) is 5.41 Å². The van der Waals surface area contributed by atoms with E-state index in [-0.39, 0.29) is 12.5 Å². The normalized spacial score (nSPS) is 27.2. The van der Waals surface area contributed by atoms with Crippen LogP contribution in [0.1, 0.15) is 5.82 Å². The fourth-order valence-electron chi connectivity index (χ4n) is 3.48. The van der Waals surface area contributed by atoms with Crippen LogP contribution < -0.4 is 0 Å². The van der Waals surface area contributed by atoms with Gasteiger partial charge in [-0.25, -0.2) is 0 Å². The van der Waals surface area contributed by atoms with Gasteiger partial charge in [-0.3, -0.25) is 9.69 Å². The molecule has 2 aliphatic heterocycles. The molecule has 120 valence electrons. The summed E-state index contributed by atoms with van der Waals surface area (Å²) >= 11 is 0. The Bertz CT molecular complexity index is 717. The molecule has 2 aliphatic rings. The van der Waals surface area contributed by atoms with Crippen LogP contribution in [0.5, 0.6) is 0 Å². The smallest absolute Gasteiger partial charge is 0.313 e. The zero-order valence-electron chi connectivity index (χ0n) is 12.5. The molecule has 0 bridgehead atoms. The lowest BCUT2D eigenvalue weighted by molar-refractivity contribution is -0.149. The van der Waals surface area contributed by atoms with Gasteiger partial charge in [-0.1, -0.05) is 23.4 Å². The SMILES string of the molecule is O=C(O)[C@]12COC[C@H]1CN(Cc1noc(-c3ccccc3)n1)C2. The standard InChI is InChI=1S/C16H17N3O4/c20-15(21)16-9-19(6-12(16)8-22-10-16)7-13-17-14(23-18-13)11-4-2-1-3-5-11/h1-5,12H,6-10H2,(H,20,21)/t12-,16-/m1/s1. The van der Waals surface area contributed by atoms with Crippen molar-refractivity contribution >= 4 is 5.97 Å². The van der Waals surface area contributed by atoms with E-state index in [1.165, 1.54) is 0 Å². The monoisotopic (exact) mass is 315 g/mol. The van der Waals surface area contributed by atoms with Gasteiger partial charge in [0.2, 0.25) is 0 Å².